The fourth-order valence-electron chi connectivity index (χ4n) is 2.27. The molecule has 1 heterocycles. The van der Waals surface area contributed by atoms with Gasteiger partial charge in [-0.15, -0.1) is 0 Å². The molecule has 2 aromatic carbocycles. The third kappa shape index (κ3) is 3.32. The average molecular weight is 331 g/mol. The number of hydrogen-bond acceptors (Lipinski definition) is 4. The van der Waals surface area contributed by atoms with Gasteiger partial charge in [0.1, 0.15) is 5.58 Å². The summed E-state index contributed by atoms with van der Waals surface area (Å²) in [6.07, 6.45) is 1.59. The number of furan rings is 1. The van der Waals surface area contributed by atoms with Crippen LogP contribution in [0.2, 0.25) is 5.02 Å². The molecule has 7 heteroatoms. The summed E-state index contributed by atoms with van der Waals surface area (Å²) < 4.78 is 5.38. The second kappa shape index (κ2) is 6.10. The molecule has 0 fully saturated rings. The first-order valence-electron chi connectivity index (χ1n) is 6.73. The van der Waals surface area contributed by atoms with Crippen LogP contribution in [0.1, 0.15) is 5.56 Å². The Kier molecular flexibility index (Phi) is 3.99. The SMILES string of the molecule is O=C(Cc1coc2ccc(Cl)cc12)Nc1cccc([N+](=O)[O-])c1. The number of amides is 1. The van der Waals surface area contributed by atoms with Crippen LogP contribution < -0.4 is 5.32 Å². The largest absolute Gasteiger partial charge is 0.464 e. The number of carbonyl (C=O) groups excluding carboxylic acids is 1. The number of halogens is 1. The minimum atomic E-state index is -0.513. The van der Waals surface area contributed by atoms with E-state index >= 15 is 0 Å². The molecule has 0 aliphatic rings. The Balaban J connectivity index is 1.77. The number of nitro benzene ring substituents is 1. The van der Waals surface area contributed by atoms with Crippen molar-refractivity contribution in [3.05, 3.63) is 69.4 Å². The van der Waals surface area contributed by atoms with Crippen molar-refractivity contribution in [1.29, 1.82) is 0 Å². The van der Waals surface area contributed by atoms with E-state index in [1.807, 2.05) is 0 Å². The standard InChI is InChI=1S/C16H11ClN2O4/c17-11-4-5-15-14(7-11)10(9-23-15)6-16(20)18-12-2-1-3-13(8-12)19(21)22/h1-5,7-9H,6H2,(H,18,20). The normalized spacial score (nSPS) is 10.7. The summed E-state index contributed by atoms with van der Waals surface area (Å²) in [7, 11) is 0. The number of benzene rings is 2. The Hall–Kier alpha value is -2.86. The summed E-state index contributed by atoms with van der Waals surface area (Å²) in [5.41, 5.74) is 1.64. The number of nitrogens with zero attached hydrogens (tertiary/aromatic N) is 1. The fourth-order valence-corrected chi connectivity index (χ4v) is 2.44. The highest BCUT2D eigenvalue weighted by atomic mass is 35.5. The zero-order valence-corrected chi connectivity index (χ0v) is 12.5. The van der Waals surface area contributed by atoms with Crippen molar-refractivity contribution in [2.24, 2.45) is 0 Å². The van der Waals surface area contributed by atoms with E-state index in [9.17, 15) is 14.9 Å². The van der Waals surface area contributed by atoms with E-state index in [-0.39, 0.29) is 18.0 Å². The molecule has 3 rings (SSSR count). The van der Waals surface area contributed by atoms with Gasteiger partial charge in [0.2, 0.25) is 5.91 Å². The number of carbonyl (C=O) groups is 1. The van der Waals surface area contributed by atoms with Crippen molar-refractivity contribution in [3.63, 3.8) is 0 Å². The fraction of sp³-hybridized carbons (Fsp3) is 0.0625. The zero-order valence-electron chi connectivity index (χ0n) is 11.8. The lowest BCUT2D eigenvalue weighted by Gasteiger charge is -2.04. The number of fused-ring (bicyclic) bond motifs is 1. The van der Waals surface area contributed by atoms with Gasteiger partial charge < -0.3 is 9.73 Å². The van der Waals surface area contributed by atoms with E-state index in [2.05, 4.69) is 5.32 Å². The highest BCUT2D eigenvalue weighted by Gasteiger charge is 2.12. The van der Waals surface area contributed by atoms with Gasteiger partial charge in [-0.2, -0.15) is 0 Å². The summed E-state index contributed by atoms with van der Waals surface area (Å²) in [6.45, 7) is 0. The van der Waals surface area contributed by atoms with Gasteiger partial charge in [0.05, 0.1) is 17.6 Å². The first-order chi connectivity index (χ1) is 11.0. The van der Waals surface area contributed by atoms with Crippen molar-refractivity contribution < 1.29 is 14.1 Å². The molecule has 0 radical (unpaired) electrons. The first kappa shape index (κ1) is 15.1. The van der Waals surface area contributed by atoms with Crippen LogP contribution in [-0.2, 0) is 11.2 Å². The molecule has 0 bridgehead atoms. The maximum absolute atomic E-state index is 12.1. The van der Waals surface area contributed by atoms with Gasteiger partial charge in [0, 0.05) is 33.8 Å². The second-order valence-electron chi connectivity index (χ2n) is 4.93. The van der Waals surface area contributed by atoms with Gasteiger partial charge in [-0.3, -0.25) is 14.9 Å². The minimum absolute atomic E-state index is 0.0794. The lowest BCUT2D eigenvalue weighted by Crippen LogP contribution is -2.14. The maximum atomic E-state index is 12.1. The second-order valence-corrected chi connectivity index (χ2v) is 5.37. The van der Waals surface area contributed by atoms with Crippen LogP contribution in [0.4, 0.5) is 11.4 Å². The molecule has 3 aromatic rings. The van der Waals surface area contributed by atoms with Crippen LogP contribution in [0.5, 0.6) is 0 Å². The maximum Gasteiger partial charge on any atom is 0.271 e. The molecule has 23 heavy (non-hydrogen) atoms. The Bertz CT molecular complexity index is 904. The van der Waals surface area contributed by atoms with Crippen LogP contribution >= 0.6 is 11.6 Å². The number of nitro groups is 1. The third-order valence-electron chi connectivity index (χ3n) is 3.31. The molecule has 0 spiro atoms. The highest BCUT2D eigenvalue weighted by molar-refractivity contribution is 6.31. The summed E-state index contributed by atoms with van der Waals surface area (Å²) in [4.78, 5) is 22.4. The summed E-state index contributed by atoms with van der Waals surface area (Å²) in [5.74, 6) is -0.298. The number of non-ortho nitro benzene ring substituents is 1. The predicted octanol–water partition coefficient (Wildman–Crippen LogP) is 4.18. The van der Waals surface area contributed by atoms with E-state index < -0.39 is 4.92 Å². The molecule has 0 saturated carbocycles. The van der Waals surface area contributed by atoms with Crippen LogP contribution in [0.15, 0.2) is 53.1 Å². The number of rotatable bonds is 4. The van der Waals surface area contributed by atoms with Gasteiger partial charge >= 0.3 is 0 Å². The van der Waals surface area contributed by atoms with Crippen LogP contribution in [-0.4, -0.2) is 10.8 Å². The molecule has 0 saturated heterocycles. The smallest absolute Gasteiger partial charge is 0.271 e. The van der Waals surface area contributed by atoms with Crippen LogP contribution in [0, 0.1) is 10.1 Å². The molecular formula is C16H11ClN2O4. The monoisotopic (exact) mass is 330 g/mol. The van der Waals surface area contributed by atoms with Gasteiger partial charge in [-0.25, -0.2) is 0 Å². The minimum Gasteiger partial charge on any atom is -0.464 e. The quantitative estimate of drug-likeness (QED) is 0.574. The Labute approximate surface area is 135 Å². The summed E-state index contributed by atoms with van der Waals surface area (Å²) >= 11 is 5.95. The van der Waals surface area contributed by atoms with Gasteiger partial charge in [-0.05, 0) is 24.3 Å². The van der Waals surface area contributed by atoms with Crippen LogP contribution in [0.25, 0.3) is 11.0 Å². The molecule has 0 atom stereocenters. The van der Waals surface area contributed by atoms with Crippen molar-refractivity contribution in [3.8, 4) is 0 Å². The molecule has 0 aliphatic heterocycles. The zero-order chi connectivity index (χ0) is 16.4. The van der Waals surface area contributed by atoms with E-state index in [4.69, 9.17) is 16.0 Å². The van der Waals surface area contributed by atoms with Gasteiger partial charge in [0.25, 0.3) is 5.69 Å². The van der Waals surface area contributed by atoms with E-state index in [1.165, 1.54) is 24.5 Å². The Morgan fingerprint density at radius 2 is 2.09 bits per heavy atom. The molecule has 0 unspecified atom stereocenters. The van der Waals surface area contributed by atoms with Crippen molar-refractivity contribution >= 4 is 39.9 Å². The summed E-state index contributed by atoms with van der Waals surface area (Å²) in [6, 6.07) is 11.0. The van der Waals surface area contributed by atoms with Gasteiger partial charge in [-0.1, -0.05) is 17.7 Å². The van der Waals surface area contributed by atoms with Gasteiger partial charge in [0.15, 0.2) is 0 Å². The van der Waals surface area contributed by atoms with Crippen LogP contribution in [0.3, 0.4) is 0 Å². The lowest BCUT2D eigenvalue weighted by molar-refractivity contribution is -0.384. The predicted molar refractivity (Wildman–Crippen MR) is 86.7 cm³/mol. The number of anilines is 1. The van der Waals surface area contributed by atoms with E-state index in [0.717, 1.165) is 5.39 Å². The topological polar surface area (TPSA) is 85.4 Å². The molecule has 1 amide bonds. The number of hydrogen-bond donors (Lipinski definition) is 1. The lowest BCUT2D eigenvalue weighted by atomic mass is 10.1. The van der Waals surface area contributed by atoms with Crippen molar-refractivity contribution in [1.82, 2.24) is 0 Å². The average Bonchev–Trinajstić information content (AvgIpc) is 2.89. The Morgan fingerprint density at radius 3 is 2.87 bits per heavy atom. The van der Waals surface area contributed by atoms with Crippen molar-refractivity contribution in [2.75, 3.05) is 5.32 Å². The highest BCUT2D eigenvalue weighted by Crippen LogP contribution is 2.25. The van der Waals surface area contributed by atoms with E-state index in [1.54, 1.807) is 24.3 Å². The Morgan fingerprint density at radius 1 is 1.26 bits per heavy atom. The molecular weight excluding hydrogens is 320 g/mol. The third-order valence-corrected chi connectivity index (χ3v) is 3.54. The molecule has 116 valence electrons. The molecule has 0 aliphatic carbocycles. The number of nitrogens with one attached hydrogen (secondary N) is 1. The molecule has 1 aromatic heterocycles. The summed E-state index contributed by atoms with van der Waals surface area (Å²) in [5, 5.41) is 14.7. The van der Waals surface area contributed by atoms with E-state index in [0.29, 0.717) is 21.9 Å². The first-order valence-corrected chi connectivity index (χ1v) is 7.10. The molecule has 1 N–H and O–H groups in total. The van der Waals surface area contributed by atoms with Crippen molar-refractivity contribution in [2.45, 2.75) is 6.42 Å². The molecule has 6 nitrogen and oxygen atoms in total.